The SMILES string of the molecule is CC(C)OC(=O)CN1CCC=CC1CN. The van der Waals surface area contributed by atoms with E-state index in [1.807, 2.05) is 13.8 Å². The van der Waals surface area contributed by atoms with E-state index in [-0.39, 0.29) is 18.1 Å². The van der Waals surface area contributed by atoms with Gasteiger partial charge in [0.2, 0.25) is 0 Å². The minimum atomic E-state index is -0.168. The van der Waals surface area contributed by atoms with Gasteiger partial charge in [-0.25, -0.2) is 0 Å². The maximum Gasteiger partial charge on any atom is 0.320 e. The zero-order chi connectivity index (χ0) is 11.3. The number of esters is 1. The molecule has 2 N–H and O–H groups in total. The molecule has 0 radical (unpaired) electrons. The van der Waals surface area contributed by atoms with Crippen molar-refractivity contribution in [3.63, 3.8) is 0 Å². The van der Waals surface area contributed by atoms with Crippen LogP contribution in [0.1, 0.15) is 20.3 Å². The van der Waals surface area contributed by atoms with E-state index in [9.17, 15) is 4.79 Å². The predicted molar refractivity (Wildman–Crippen MR) is 59.4 cm³/mol. The van der Waals surface area contributed by atoms with Crippen molar-refractivity contribution in [1.82, 2.24) is 4.90 Å². The highest BCUT2D eigenvalue weighted by Gasteiger charge is 2.20. The van der Waals surface area contributed by atoms with Gasteiger partial charge in [-0.2, -0.15) is 0 Å². The Labute approximate surface area is 91.1 Å². The fourth-order valence-corrected chi connectivity index (χ4v) is 1.67. The molecule has 0 spiro atoms. The number of carbonyl (C=O) groups excluding carboxylic acids is 1. The molecule has 0 amide bonds. The van der Waals surface area contributed by atoms with Crippen LogP contribution >= 0.6 is 0 Å². The van der Waals surface area contributed by atoms with Crippen LogP contribution < -0.4 is 5.73 Å². The third-order valence-corrected chi connectivity index (χ3v) is 2.35. The summed E-state index contributed by atoms with van der Waals surface area (Å²) in [4.78, 5) is 13.5. The first-order valence-corrected chi connectivity index (χ1v) is 5.43. The Bertz CT molecular complexity index is 239. The standard InChI is InChI=1S/C11H20N2O2/c1-9(2)15-11(14)8-13-6-4-3-5-10(13)7-12/h3,5,9-10H,4,6-8,12H2,1-2H3. The highest BCUT2D eigenvalue weighted by molar-refractivity contribution is 5.71. The maximum absolute atomic E-state index is 11.5. The summed E-state index contributed by atoms with van der Waals surface area (Å²) in [6, 6.07) is 0.179. The molecule has 4 nitrogen and oxygen atoms in total. The Hall–Kier alpha value is -0.870. The van der Waals surface area contributed by atoms with Crippen molar-refractivity contribution in [2.45, 2.75) is 32.4 Å². The van der Waals surface area contributed by atoms with Crippen molar-refractivity contribution < 1.29 is 9.53 Å². The molecular formula is C11H20N2O2. The molecule has 0 aromatic rings. The lowest BCUT2D eigenvalue weighted by Gasteiger charge is -2.30. The topological polar surface area (TPSA) is 55.6 Å². The lowest BCUT2D eigenvalue weighted by molar-refractivity contribution is -0.149. The number of nitrogens with two attached hydrogens (primary N) is 1. The number of hydrogen-bond donors (Lipinski definition) is 1. The summed E-state index contributed by atoms with van der Waals surface area (Å²) in [6.45, 7) is 5.48. The van der Waals surface area contributed by atoms with Gasteiger partial charge in [-0.1, -0.05) is 12.2 Å². The van der Waals surface area contributed by atoms with Crippen LogP contribution in [0.2, 0.25) is 0 Å². The quantitative estimate of drug-likeness (QED) is 0.545. The van der Waals surface area contributed by atoms with E-state index in [0.717, 1.165) is 13.0 Å². The van der Waals surface area contributed by atoms with Crippen LogP contribution in [0.4, 0.5) is 0 Å². The first kappa shape index (κ1) is 12.2. The van der Waals surface area contributed by atoms with E-state index in [0.29, 0.717) is 13.1 Å². The molecule has 1 atom stereocenters. The van der Waals surface area contributed by atoms with E-state index in [1.165, 1.54) is 0 Å². The molecule has 1 aliphatic heterocycles. The molecule has 1 rings (SSSR count). The summed E-state index contributed by atoms with van der Waals surface area (Å²) in [5.74, 6) is -0.168. The second-order valence-electron chi connectivity index (χ2n) is 4.03. The van der Waals surface area contributed by atoms with Crippen molar-refractivity contribution in [1.29, 1.82) is 0 Å². The molecule has 0 saturated heterocycles. The minimum Gasteiger partial charge on any atom is -0.462 e. The highest BCUT2D eigenvalue weighted by atomic mass is 16.5. The van der Waals surface area contributed by atoms with E-state index >= 15 is 0 Å². The monoisotopic (exact) mass is 212 g/mol. The van der Waals surface area contributed by atoms with Crippen LogP contribution in [-0.2, 0) is 9.53 Å². The number of ether oxygens (including phenoxy) is 1. The van der Waals surface area contributed by atoms with Crippen LogP contribution in [0.5, 0.6) is 0 Å². The average Bonchev–Trinajstić information content (AvgIpc) is 2.17. The molecule has 4 heteroatoms. The third-order valence-electron chi connectivity index (χ3n) is 2.35. The Morgan fingerprint density at radius 3 is 3.00 bits per heavy atom. The minimum absolute atomic E-state index is 0.0471. The van der Waals surface area contributed by atoms with Gasteiger partial charge in [0.05, 0.1) is 12.6 Å². The lowest BCUT2D eigenvalue weighted by atomic mass is 10.1. The van der Waals surface area contributed by atoms with E-state index < -0.39 is 0 Å². The summed E-state index contributed by atoms with van der Waals surface area (Å²) < 4.78 is 5.10. The van der Waals surface area contributed by atoms with Crippen molar-refractivity contribution in [2.75, 3.05) is 19.6 Å². The molecule has 15 heavy (non-hydrogen) atoms. The van der Waals surface area contributed by atoms with E-state index in [2.05, 4.69) is 17.1 Å². The Kier molecular flexibility index (Phi) is 4.78. The van der Waals surface area contributed by atoms with Gasteiger partial charge in [0.1, 0.15) is 0 Å². The molecule has 0 fully saturated rings. The molecule has 0 aromatic heterocycles. The molecule has 0 aromatic carbocycles. The predicted octanol–water partition coefficient (Wildman–Crippen LogP) is 0.527. The van der Waals surface area contributed by atoms with E-state index in [1.54, 1.807) is 0 Å². The van der Waals surface area contributed by atoms with Crippen molar-refractivity contribution in [2.24, 2.45) is 5.73 Å². The van der Waals surface area contributed by atoms with Gasteiger partial charge < -0.3 is 10.5 Å². The maximum atomic E-state index is 11.5. The zero-order valence-corrected chi connectivity index (χ0v) is 9.48. The summed E-state index contributed by atoms with van der Waals surface area (Å²) in [5.41, 5.74) is 5.63. The number of nitrogens with zero attached hydrogens (tertiary/aromatic N) is 1. The Balaban J connectivity index is 2.42. The van der Waals surface area contributed by atoms with E-state index in [4.69, 9.17) is 10.5 Å². The van der Waals surface area contributed by atoms with Gasteiger partial charge in [-0.15, -0.1) is 0 Å². The molecule has 1 unspecified atom stereocenters. The van der Waals surface area contributed by atoms with Gasteiger partial charge in [0, 0.05) is 19.1 Å². The molecule has 1 aliphatic rings. The van der Waals surface area contributed by atoms with Crippen molar-refractivity contribution >= 4 is 5.97 Å². The second-order valence-corrected chi connectivity index (χ2v) is 4.03. The Morgan fingerprint density at radius 2 is 2.40 bits per heavy atom. The van der Waals surface area contributed by atoms with Gasteiger partial charge >= 0.3 is 5.97 Å². The summed E-state index contributed by atoms with van der Waals surface area (Å²) >= 11 is 0. The van der Waals surface area contributed by atoms with Gasteiger partial charge in [0.25, 0.3) is 0 Å². The van der Waals surface area contributed by atoms with Crippen LogP contribution in [-0.4, -0.2) is 42.6 Å². The molecule has 1 heterocycles. The zero-order valence-electron chi connectivity index (χ0n) is 9.48. The smallest absolute Gasteiger partial charge is 0.320 e. The summed E-state index contributed by atoms with van der Waals surface area (Å²) in [7, 11) is 0. The van der Waals surface area contributed by atoms with Crippen LogP contribution in [0.3, 0.4) is 0 Å². The van der Waals surface area contributed by atoms with Crippen LogP contribution in [0.15, 0.2) is 12.2 Å². The number of rotatable bonds is 4. The van der Waals surface area contributed by atoms with Crippen molar-refractivity contribution in [3.8, 4) is 0 Å². The fraction of sp³-hybridized carbons (Fsp3) is 0.727. The van der Waals surface area contributed by atoms with Crippen molar-refractivity contribution in [3.05, 3.63) is 12.2 Å². The summed E-state index contributed by atoms with van der Waals surface area (Å²) in [5, 5.41) is 0. The highest BCUT2D eigenvalue weighted by Crippen LogP contribution is 2.09. The van der Waals surface area contributed by atoms with Gasteiger partial charge in [0.15, 0.2) is 0 Å². The van der Waals surface area contributed by atoms with Crippen LogP contribution in [0, 0.1) is 0 Å². The normalized spacial score (nSPS) is 22.0. The Morgan fingerprint density at radius 1 is 1.67 bits per heavy atom. The largest absolute Gasteiger partial charge is 0.462 e. The first-order valence-electron chi connectivity index (χ1n) is 5.43. The average molecular weight is 212 g/mol. The molecule has 86 valence electrons. The second kappa shape index (κ2) is 5.88. The molecule has 0 aliphatic carbocycles. The number of carbonyl (C=O) groups is 1. The fourth-order valence-electron chi connectivity index (χ4n) is 1.67. The van der Waals surface area contributed by atoms with Gasteiger partial charge in [-0.05, 0) is 20.3 Å². The third kappa shape index (κ3) is 4.01. The number of hydrogen-bond acceptors (Lipinski definition) is 4. The lowest BCUT2D eigenvalue weighted by Crippen LogP contribution is -2.45. The molecule has 0 bridgehead atoms. The summed E-state index contributed by atoms with van der Waals surface area (Å²) in [6.07, 6.45) is 5.11. The van der Waals surface area contributed by atoms with Gasteiger partial charge in [-0.3, -0.25) is 9.69 Å². The first-order chi connectivity index (χ1) is 7.13. The van der Waals surface area contributed by atoms with Crippen LogP contribution in [0.25, 0.3) is 0 Å². The molecule has 0 saturated carbocycles. The molecular weight excluding hydrogens is 192 g/mol.